The third-order valence-electron chi connectivity index (χ3n) is 2.32. The van der Waals surface area contributed by atoms with Crippen molar-refractivity contribution in [1.82, 2.24) is 9.97 Å². The summed E-state index contributed by atoms with van der Waals surface area (Å²) in [7, 11) is 0. The van der Waals surface area contributed by atoms with Gasteiger partial charge in [0.15, 0.2) is 0 Å². The van der Waals surface area contributed by atoms with Crippen LogP contribution in [0.5, 0.6) is 0 Å². The summed E-state index contributed by atoms with van der Waals surface area (Å²) in [6, 6.07) is 1.77. The van der Waals surface area contributed by atoms with E-state index in [9.17, 15) is 4.79 Å². The summed E-state index contributed by atoms with van der Waals surface area (Å²) in [6.45, 7) is 1.07. The van der Waals surface area contributed by atoms with Gasteiger partial charge in [-0.05, 0) is 6.07 Å². The summed E-state index contributed by atoms with van der Waals surface area (Å²) in [5.74, 6) is 0.936. The lowest BCUT2D eigenvalue weighted by Crippen LogP contribution is -2.29. The highest BCUT2D eigenvalue weighted by atomic mass is 16.5. The number of hydrogen-bond donors (Lipinski definition) is 0. The lowest BCUT2D eigenvalue weighted by molar-refractivity contribution is -0.130. The molecule has 1 unspecified atom stereocenters. The van der Waals surface area contributed by atoms with E-state index in [0.717, 1.165) is 5.82 Å². The lowest BCUT2D eigenvalue weighted by atomic mass is 9.97. The Morgan fingerprint density at radius 1 is 1.43 bits per heavy atom. The van der Waals surface area contributed by atoms with Gasteiger partial charge in [-0.1, -0.05) is 0 Å². The minimum absolute atomic E-state index is 0.0499. The molecule has 1 aliphatic heterocycles. The van der Waals surface area contributed by atoms with Crippen LogP contribution in [0.25, 0.3) is 0 Å². The fourth-order valence-electron chi connectivity index (χ4n) is 1.52. The van der Waals surface area contributed by atoms with E-state index in [1.165, 1.54) is 0 Å². The predicted molar refractivity (Wildman–Crippen MR) is 49.7 cm³/mol. The number of carbonyl (C=O) groups is 1. The molecule has 0 spiro atoms. The highest BCUT2D eigenvalue weighted by Gasteiger charge is 2.23. The second-order valence-corrected chi connectivity index (χ2v) is 3.36. The average molecular weight is 192 g/mol. The van der Waals surface area contributed by atoms with Gasteiger partial charge in [0.25, 0.3) is 0 Å². The van der Waals surface area contributed by atoms with Crippen LogP contribution in [-0.4, -0.2) is 29.0 Å². The molecule has 14 heavy (non-hydrogen) atoms. The first-order valence-corrected chi connectivity index (χ1v) is 4.72. The smallest absolute Gasteiger partial charge is 0.141 e. The van der Waals surface area contributed by atoms with E-state index in [4.69, 9.17) is 4.74 Å². The number of aromatic nitrogens is 2. The second kappa shape index (κ2) is 4.28. The number of ether oxygens (including phenoxy) is 1. The Balaban J connectivity index is 2.00. The van der Waals surface area contributed by atoms with Gasteiger partial charge < -0.3 is 4.74 Å². The van der Waals surface area contributed by atoms with Crippen molar-refractivity contribution in [2.75, 3.05) is 13.2 Å². The topological polar surface area (TPSA) is 52.1 Å². The maximum Gasteiger partial charge on any atom is 0.141 e. The quantitative estimate of drug-likeness (QED) is 0.689. The van der Waals surface area contributed by atoms with E-state index in [1.807, 2.05) is 0 Å². The first-order valence-electron chi connectivity index (χ1n) is 4.72. The van der Waals surface area contributed by atoms with Crippen LogP contribution >= 0.6 is 0 Å². The Morgan fingerprint density at radius 3 is 2.93 bits per heavy atom. The molecule has 1 atom stereocenters. The van der Waals surface area contributed by atoms with Crippen molar-refractivity contribution >= 4 is 5.78 Å². The zero-order valence-corrected chi connectivity index (χ0v) is 7.85. The molecule has 0 N–H and O–H groups in total. The molecule has 0 amide bonds. The van der Waals surface area contributed by atoms with Gasteiger partial charge in [0, 0.05) is 31.2 Å². The molecular weight excluding hydrogens is 180 g/mol. The fraction of sp³-hybridized carbons (Fsp3) is 0.500. The molecule has 1 aromatic heterocycles. The van der Waals surface area contributed by atoms with Crippen molar-refractivity contribution in [2.45, 2.75) is 12.8 Å². The average Bonchev–Trinajstić information content (AvgIpc) is 2.23. The largest absolute Gasteiger partial charge is 0.380 e. The van der Waals surface area contributed by atoms with Gasteiger partial charge in [0.2, 0.25) is 0 Å². The Morgan fingerprint density at radius 2 is 2.21 bits per heavy atom. The van der Waals surface area contributed by atoms with Crippen molar-refractivity contribution in [3.05, 3.63) is 24.3 Å². The van der Waals surface area contributed by atoms with Crippen molar-refractivity contribution < 1.29 is 9.53 Å². The molecule has 1 fully saturated rings. The van der Waals surface area contributed by atoms with Crippen LogP contribution in [0.3, 0.4) is 0 Å². The summed E-state index contributed by atoms with van der Waals surface area (Å²) in [4.78, 5) is 19.6. The molecule has 1 aromatic rings. The number of Topliss-reactive ketones (excluding diaryl/α,β-unsaturated/α-hetero) is 1. The fourth-order valence-corrected chi connectivity index (χ4v) is 1.52. The monoisotopic (exact) mass is 192 g/mol. The van der Waals surface area contributed by atoms with Gasteiger partial charge in [-0.2, -0.15) is 0 Å². The number of carbonyl (C=O) groups excluding carboxylic acids is 1. The number of ketones is 1. The van der Waals surface area contributed by atoms with Gasteiger partial charge in [-0.25, -0.2) is 9.97 Å². The first-order chi connectivity index (χ1) is 6.86. The van der Waals surface area contributed by atoms with Crippen LogP contribution < -0.4 is 0 Å². The Bertz CT molecular complexity index is 313. The van der Waals surface area contributed by atoms with E-state index >= 15 is 0 Å². The van der Waals surface area contributed by atoms with Crippen LogP contribution in [0, 0.1) is 5.92 Å². The summed E-state index contributed by atoms with van der Waals surface area (Å²) >= 11 is 0. The molecule has 0 aromatic carbocycles. The zero-order chi connectivity index (χ0) is 9.80. The third-order valence-corrected chi connectivity index (χ3v) is 2.32. The molecule has 2 heterocycles. The first kappa shape index (κ1) is 9.27. The molecule has 1 saturated heterocycles. The predicted octanol–water partition coefficient (Wildman–Crippen LogP) is 0.625. The molecule has 0 radical (unpaired) electrons. The van der Waals surface area contributed by atoms with E-state index < -0.39 is 0 Å². The van der Waals surface area contributed by atoms with Gasteiger partial charge in [-0.15, -0.1) is 0 Å². The molecule has 0 aliphatic carbocycles. The van der Waals surface area contributed by atoms with Crippen LogP contribution in [-0.2, 0) is 16.0 Å². The highest BCUT2D eigenvalue weighted by molar-refractivity contribution is 5.81. The summed E-state index contributed by atoms with van der Waals surface area (Å²) in [5, 5.41) is 0. The van der Waals surface area contributed by atoms with Gasteiger partial charge >= 0.3 is 0 Å². The SMILES string of the molecule is O=C1CCOCC1Cc1ncccn1. The molecule has 0 saturated carbocycles. The maximum atomic E-state index is 11.5. The normalized spacial score (nSPS) is 22.3. The lowest BCUT2D eigenvalue weighted by Gasteiger charge is -2.19. The van der Waals surface area contributed by atoms with E-state index in [0.29, 0.717) is 26.1 Å². The van der Waals surface area contributed by atoms with Crippen molar-refractivity contribution in [2.24, 2.45) is 5.92 Å². The Labute approximate surface area is 82.3 Å². The van der Waals surface area contributed by atoms with Crippen molar-refractivity contribution in [3.8, 4) is 0 Å². The van der Waals surface area contributed by atoms with Crippen molar-refractivity contribution in [1.29, 1.82) is 0 Å². The molecule has 1 aliphatic rings. The molecule has 74 valence electrons. The number of hydrogen-bond acceptors (Lipinski definition) is 4. The van der Waals surface area contributed by atoms with E-state index in [-0.39, 0.29) is 11.7 Å². The summed E-state index contributed by atoms with van der Waals surface area (Å²) < 4.78 is 5.25. The molecule has 4 nitrogen and oxygen atoms in total. The minimum Gasteiger partial charge on any atom is -0.380 e. The molecule has 2 rings (SSSR count). The van der Waals surface area contributed by atoms with Crippen LogP contribution in [0.2, 0.25) is 0 Å². The minimum atomic E-state index is -0.0499. The standard InChI is InChI=1S/C10H12N2O2/c13-9-2-5-14-7-8(9)6-10-11-3-1-4-12-10/h1,3-4,8H,2,5-7H2. The summed E-state index contributed by atoms with van der Waals surface area (Å²) in [5.41, 5.74) is 0. The van der Waals surface area contributed by atoms with Crippen LogP contribution in [0.4, 0.5) is 0 Å². The van der Waals surface area contributed by atoms with Crippen LogP contribution in [0.1, 0.15) is 12.2 Å². The molecule has 4 heteroatoms. The Kier molecular flexibility index (Phi) is 2.84. The Hall–Kier alpha value is -1.29. The molecule has 0 bridgehead atoms. The van der Waals surface area contributed by atoms with Crippen LogP contribution in [0.15, 0.2) is 18.5 Å². The number of rotatable bonds is 2. The molecular formula is C10H12N2O2. The van der Waals surface area contributed by atoms with Gasteiger partial charge in [-0.3, -0.25) is 4.79 Å². The maximum absolute atomic E-state index is 11.5. The van der Waals surface area contributed by atoms with Crippen molar-refractivity contribution in [3.63, 3.8) is 0 Å². The van der Waals surface area contributed by atoms with E-state index in [1.54, 1.807) is 18.5 Å². The zero-order valence-electron chi connectivity index (χ0n) is 7.85. The highest BCUT2D eigenvalue weighted by Crippen LogP contribution is 2.13. The van der Waals surface area contributed by atoms with E-state index in [2.05, 4.69) is 9.97 Å². The summed E-state index contributed by atoms with van der Waals surface area (Å²) in [6.07, 6.45) is 4.50. The van der Waals surface area contributed by atoms with Gasteiger partial charge in [0.1, 0.15) is 11.6 Å². The third kappa shape index (κ3) is 2.14. The number of nitrogens with zero attached hydrogens (tertiary/aromatic N) is 2. The van der Waals surface area contributed by atoms with Gasteiger partial charge in [0.05, 0.1) is 13.2 Å². The second-order valence-electron chi connectivity index (χ2n) is 3.36.